The van der Waals surface area contributed by atoms with E-state index in [1.807, 2.05) is 0 Å². The van der Waals surface area contributed by atoms with Crippen LogP contribution < -0.4 is 17.2 Å². The van der Waals surface area contributed by atoms with E-state index in [9.17, 15) is 35.7 Å². The summed E-state index contributed by atoms with van der Waals surface area (Å²) in [5.41, 5.74) is 17.8. The summed E-state index contributed by atoms with van der Waals surface area (Å²) in [4.78, 5) is 0. The smallest absolute Gasteiger partial charge is 0.187 e. The van der Waals surface area contributed by atoms with Crippen LogP contribution in [0, 0.1) is 5.92 Å². The van der Waals surface area contributed by atoms with Gasteiger partial charge in [0.1, 0.15) is 54.9 Å². The zero-order valence-corrected chi connectivity index (χ0v) is 18.3. The fourth-order valence-electron chi connectivity index (χ4n) is 4.59. The van der Waals surface area contributed by atoms with Crippen molar-refractivity contribution in [1.29, 1.82) is 0 Å². The molecule has 2 aliphatic heterocycles. The zero-order valence-electron chi connectivity index (χ0n) is 18.3. The van der Waals surface area contributed by atoms with E-state index < -0.39 is 92.3 Å². The number of aliphatic hydroxyl groups excluding tert-OH is 7. The summed E-state index contributed by atoms with van der Waals surface area (Å²) in [6.45, 7) is 0.931. The third-order valence-electron chi connectivity index (χ3n) is 6.70. The molecule has 14 nitrogen and oxygen atoms in total. The first kappa shape index (κ1) is 27.0. The quantitative estimate of drug-likeness (QED) is 0.162. The second kappa shape index (κ2) is 11.0. The monoisotopic (exact) mass is 483 g/mol. The molecule has 0 bridgehead atoms. The molecule has 3 fully saturated rings. The predicted molar refractivity (Wildman–Crippen MR) is 109 cm³/mol. The minimum atomic E-state index is -1.59. The Morgan fingerprint density at radius 3 is 2.09 bits per heavy atom. The lowest BCUT2D eigenvalue weighted by Crippen LogP contribution is -2.67. The molecule has 0 aromatic carbocycles. The first-order chi connectivity index (χ1) is 15.5. The van der Waals surface area contributed by atoms with Crippen LogP contribution in [-0.2, 0) is 18.9 Å². The highest BCUT2D eigenvalue weighted by Gasteiger charge is 2.52. The van der Waals surface area contributed by atoms with Crippen molar-refractivity contribution in [1.82, 2.24) is 0 Å². The maximum absolute atomic E-state index is 10.8. The van der Waals surface area contributed by atoms with Crippen LogP contribution in [0.1, 0.15) is 13.3 Å². The Labute approximate surface area is 190 Å². The largest absolute Gasteiger partial charge is 0.394 e. The second-order valence-corrected chi connectivity index (χ2v) is 9.11. The molecule has 14 heteroatoms. The van der Waals surface area contributed by atoms with Crippen LogP contribution in [0.25, 0.3) is 0 Å². The molecule has 194 valence electrons. The van der Waals surface area contributed by atoms with Crippen molar-refractivity contribution in [3.63, 3.8) is 0 Å². The van der Waals surface area contributed by atoms with Gasteiger partial charge in [-0.15, -0.1) is 0 Å². The molecule has 0 aromatic rings. The summed E-state index contributed by atoms with van der Waals surface area (Å²) in [5.74, 6) is -0.323. The molecule has 2 saturated heterocycles. The summed E-state index contributed by atoms with van der Waals surface area (Å²) < 4.78 is 22.7. The van der Waals surface area contributed by atoms with Crippen LogP contribution in [0.2, 0.25) is 0 Å². The van der Waals surface area contributed by atoms with Crippen molar-refractivity contribution >= 4 is 0 Å². The highest BCUT2D eigenvalue weighted by atomic mass is 16.7. The standard InChI is InChI=1S/C19H37N3O11/c1-5-2-6(21)15(17(10(5)25)33-19-14(29)11(26)8(3-20)30-19)31-18-9(22)12(27)13(28)16(32-18)7(24)4-23/h5-19,23-29H,2-4,20-22H2,1H3/t5-,6?,7-,8-,9?,10?,11+,12-,13+,14?,15-,16?,17-,18+,19+/m1/s1. The zero-order chi connectivity index (χ0) is 24.6. The van der Waals surface area contributed by atoms with Crippen molar-refractivity contribution in [3.8, 4) is 0 Å². The molecule has 15 atom stereocenters. The summed E-state index contributed by atoms with van der Waals surface area (Å²) in [6, 6.07) is -1.97. The summed E-state index contributed by atoms with van der Waals surface area (Å²) in [7, 11) is 0. The molecule has 33 heavy (non-hydrogen) atoms. The average Bonchev–Trinajstić information content (AvgIpc) is 3.06. The van der Waals surface area contributed by atoms with Gasteiger partial charge in [-0.2, -0.15) is 0 Å². The summed E-state index contributed by atoms with van der Waals surface area (Å²) in [6.07, 6.45) is -15.4. The third-order valence-corrected chi connectivity index (χ3v) is 6.70. The van der Waals surface area contributed by atoms with Crippen LogP contribution in [0.5, 0.6) is 0 Å². The van der Waals surface area contributed by atoms with E-state index in [1.54, 1.807) is 6.92 Å². The van der Waals surface area contributed by atoms with Crippen molar-refractivity contribution in [2.45, 2.75) is 99.0 Å². The maximum Gasteiger partial charge on any atom is 0.187 e. The Morgan fingerprint density at radius 1 is 0.879 bits per heavy atom. The molecule has 2 heterocycles. The van der Waals surface area contributed by atoms with Crippen molar-refractivity contribution < 1.29 is 54.7 Å². The molecule has 0 amide bonds. The molecular formula is C19H37N3O11. The molecule has 0 aromatic heterocycles. The summed E-state index contributed by atoms with van der Waals surface area (Å²) >= 11 is 0. The fourth-order valence-corrected chi connectivity index (χ4v) is 4.59. The van der Waals surface area contributed by atoms with Gasteiger partial charge in [0.2, 0.25) is 0 Å². The number of ether oxygens (including phenoxy) is 4. The normalized spacial score (nSPS) is 52.1. The fraction of sp³-hybridized carbons (Fsp3) is 1.00. The summed E-state index contributed by atoms with van der Waals surface area (Å²) in [5, 5.41) is 70.8. The predicted octanol–water partition coefficient (Wildman–Crippen LogP) is -5.98. The topological polar surface area (TPSA) is 257 Å². The van der Waals surface area contributed by atoms with Gasteiger partial charge in [-0.05, 0) is 12.3 Å². The van der Waals surface area contributed by atoms with Crippen molar-refractivity contribution in [2.24, 2.45) is 23.1 Å². The van der Waals surface area contributed by atoms with Gasteiger partial charge in [-0.25, -0.2) is 0 Å². The van der Waals surface area contributed by atoms with Gasteiger partial charge in [0, 0.05) is 12.6 Å². The van der Waals surface area contributed by atoms with E-state index in [0.29, 0.717) is 6.42 Å². The molecule has 3 aliphatic rings. The van der Waals surface area contributed by atoms with Crippen LogP contribution in [-0.4, -0.2) is 135 Å². The van der Waals surface area contributed by atoms with E-state index in [-0.39, 0.29) is 12.5 Å². The SMILES string of the molecule is C[C@@H]1CC(N)[C@@H](O[C@H]2OC([C@H](O)CO)[C@@H](O)[C@H](O)C2N)[C@H](O[C@@H]2O[C@H](CN)[C@H](O)C2O)C1O. The molecule has 1 saturated carbocycles. The first-order valence-corrected chi connectivity index (χ1v) is 11.0. The lowest BCUT2D eigenvalue weighted by Gasteiger charge is -2.48. The number of hydrogen-bond acceptors (Lipinski definition) is 14. The first-order valence-electron chi connectivity index (χ1n) is 11.0. The van der Waals surface area contributed by atoms with Gasteiger partial charge < -0.3 is 71.9 Å². The van der Waals surface area contributed by atoms with E-state index in [2.05, 4.69) is 0 Å². The minimum absolute atomic E-state index is 0.0687. The molecule has 3 rings (SSSR count). The van der Waals surface area contributed by atoms with Crippen LogP contribution >= 0.6 is 0 Å². The lowest BCUT2D eigenvalue weighted by molar-refractivity contribution is -0.318. The molecular weight excluding hydrogens is 446 g/mol. The van der Waals surface area contributed by atoms with Gasteiger partial charge in [-0.3, -0.25) is 0 Å². The molecule has 0 spiro atoms. The molecule has 1 aliphatic carbocycles. The van der Waals surface area contributed by atoms with Crippen LogP contribution in [0.4, 0.5) is 0 Å². The molecule has 13 N–H and O–H groups in total. The van der Waals surface area contributed by atoms with Crippen molar-refractivity contribution in [2.75, 3.05) is 13.2 Å². The van der Waals surface area contributed by atoms with E-state index in [4.69, 9.17) is 36.1 Å². The Bertz CT molecular complexity index is 636. The Balaban J connectivity index is 1.79. The Kier molecular flexibility index (Phi) is 9.02. The van der Waals surface area contributed by atoms with Gasteiger partial charge in [0.05, 0.1) is 18.8 Å². The van der Waals surface area contributed by atoms with E-state index in [0.717, 1.165) is 0 Å². The average molecular weight is 484 g/mol. The number of hydrogen-bond donors (Lipinski definition) is 10. The molecule has 5 unspecified atom stereocenters. The van der Waals surface area contributed by atoms with Gasteiger partial charge in [0.25, 0.3) is 0 Å². The van der Waals surface area contributed by atoms with Gasteiger partial charge in [-0.1, -0.05) is 6.92 Å². The van der Waals surface area contributed by atoms with Crippen molar-refractivity contribution in [3.05, 3.63) is 0 Å². The maximum atomic E-state index is 10.8. The Hall–Kier alpha value is -0.560. The van der Waals surface area contributed by atoms with E-state index >= 15 is 0 Å². The number of nitrogens with two attached hydrogens (primary N) is 3. The number of aliphatic hydroxyl groups is 7. The second-order valence-electron chi connectivity index (χ2n) is 9.11. The third kappa shape index (κ3) is 5.34. The molecule has 0 radical (unpaired) electrons. The van der Waals surface area contributed by atoms with Gasteiger partial charge >= 0.3 is 0 Å². The lowest BCUT2D eigenvalue weighted by atomic mass is 9.80. The highest BCUT2D eigenvalue weighted by Crippen LogP contribution is 2.34. The minimum Gasteiger partial charge on any atom is -0.394 e. The highest BCUT2D eigenvalue weighted by molar-refractivity contribution is 5.00. The van der Waals surface area contributed by atoms with Crippen LogP contribution in [0.3, 0.4) is 0 Å². The van der Waals surface area contributed by atoms with Gasteiger partial charge in [0.15, 0.2) is 12.6 Å². The van der Waals surface area contributed by atoms with Crippen LogP contribution in [0.15, 0.2) is 0 Å². The number of rotatable bonds is 7. The van der Waals surface area contributed by atoms with E-state index in [1.165, 1.54) is 0 Å². The Morgan fingerprint density at radius 2 is 1.52 bits per heavy atom.